The van der Waals surface area contributed by atoms with Crippen molar-refractivity contribution in [1.82, 2.24) is 14.8 Å². The Balaban J connectivity index is 1.62. The quantitative estimate of drug-likeness (QED) is 0.912. The number of aliphatic hydroxyl groups is 1. The standard InChI is InChI=1S/C15H21N3O2/c19-11-10-17-6-3-7-18(9-8-17)12-15-16-13-4-1-2-5-14(13)20-15/h1-2,4-5,19H,3,6-12H2. The summed E-state index contributed by atoms with van der Waals surface area (Å²) in [4.78, 5) is 9.22. The first-order chi connectivity index (χ1) is 9.85. The zero-order valence-electron chi connectivity index (χ0n) is 11.7. The van der Waals surface area contributed by atoms with Gasteiger partial charge in [0.25, 0.3) is 0 Å². The van der Waals surface area contributed by atoms with Crippen LogP contribution in [0.3, 0.4) is 0 Å². The van der Waals surface area contributed by atoms with Crippen molar-refractivity contribution in [2.45, 2.75) is 13.0 Å². The molecule has 1 aliphatic heterocycles. The zero-order chi connectivity index (χ0) is 13.8. The van der Waals surface area contributed by atoms with E-state index in [1.807, 2.05) is 24.3 Å². The molecule has 1 aromatic carbocycles. The molecule has 5 nitrogen and oxygen atoms in total. The van der Waals surface area contributed by atoms with Gasteiger partial charge in [0.15, 0.2) is 5.58 Å². The molecule has 3 rings (SSSR count). The van der Waals surface area contributed by atoms with Crippen LogP contribution in [0, 0.1) is 0 Å². The Morgan fingerprint density at radius 3 is 2.75 bits per heavy atom. The van der Waals surface area contributed by atoms with Crippen LogP contribution in [-0.4, -0.2) is 59.2 Å². The number of nitrogens with zero attached hydrogens (tertiary/aromatic N) is 3. The molecule has 0 saturated carbocycles. The van der Waals surface area contributed by atoms with Crippen molar-refractivity contribution < 1.29 is 9.52 Å². The molecule has 20 heavy (non-hydrogen) atoms. The Morgan fingerprint density at radius 1 is 1.10 bits per heavy atom. The summed E-state index contributed by atoms with van der Waals surface area (Å²) < 4.78 is 5.78. The lowest BCUT2D eigenvalue weighted by atomic mass is 10.3. The number of benzene rings is 1. The molecule has 1 fully saturated rings. The Morgan fingerprint density at radius 2 is 1.90 bits per heavy atom. The molecule has 108 valence electrons. The maximum atomic E-state index is 9.01. The fourth-order valence-electron chi connectivity index (χ4n) is 2.73. The minimum atomic E-state index is 0.241. The fraction of sp³-hybridized carbons (Fsp3) is 0.533. The van der Waals surface area contributed by atoms with Crippen LogP contribution in [0.4, 0.5) is 0 Å². The number of rotatable bonds is 4. The van der Waals surface area contributed by atoms with Crippen LogP contribution in [0.1, 0.15) is 12.3 Å². The van der Waals surface area contributed by atoms with Crippen molar-refractivity contribution in [2.75, 3.05) is 39.3 Å². The van der Waals surface area contributed by atoms with Crippen molar-refractivity contribution in [3.05, 3.63) is 30.2 Å². The van der Waals surface area contributed by atoms with E-state index in [2.05, 4.69) is 14.8 Å². The monoisotopic (exact) mass is 275 g/mol. The van der Waals surface area contributed by atoms with E-state index in [0.717, 1.165) is 62.7 Å². The van der Waals surface area contributed by atoms with Gasteiger partial charge in [-0.25, -0.2) is 4.98 Å². The van der Waals surface area contributed by atoms with E-state index in [0.29, 0.717) is 0 Å². The highest BCUT2D eigenvalue weighted by Gasteiger charge is 2.16. The average Bonchev–Trinajstić information content (AvgIpc) is 2.73. The minimum Gasteiger partial charge on any atom is -0.439 e. The van der Waals surface area contributed by atoms with E-state index < -0.39 is 0 Å². The van der Waals surface area contributed by atoms with E-state index in [9.17, 15) is 0 Å². The number of hydrogen-bond donors (Lipinski definition) is 1. The Bertz CT molecular complexity index is 522. The van der Waals surface area contributed by atoms with Crippen molar-refractivity contribution in [1.29, 1.82) is 0 Å². The molecular formula is C15H21N3O2. The number of hydrogen-bond acceptors (Lipinski definition) is 5. The predicted molar refractivity (Wildman–Crippen MR) is 77.4 cm³/mol. The molecule has 1 aliphatic rings. The summed E-state index contributed by atoms with van der Waals surface area (Å²) in [5, 5.41) is 9.01. The van der Waals surface area contributed by atoms with E-state index in [-0.39, 0.29) is 6.61 Å². The molecule has 5 heteroatoms. The van der Waals surface area contributed by atoms with Crippen molar-refractivity contribution in [3.8, 4) is 0 Å². The third-order valence-corrected chi connectivity index (χ3v) is 3.79. The smallest absolute Gasteiger partial charge is 0.209 e. The van der Waals surface area contributed by atoms with E-state index >= 15 is 0 Å². The Hall–Kier alpha value is -1.43. The Labute approximate surface area is 118 Å². The maximum absolute atomic E-state index is 9.01. The van der Waals surface area contributed by atoms with Crippen molar-refractivity contribution in [2.24, 2.45) is 0 Å². The summed E-state index contributed by atoms with van der Waals surface area (Å²) in [6.07, 6.45) is 1.13. The molecule has 2 heterocycles. The maximum Gasteiger partial charge on any atom is 0.209 e. The van der Waals surface area contributed by atoms with Crippen LogP contribution < -0.4 is 0 Å². The first-order valence-electron chi connectivity index (χ1n) is 7.25. The number of para-hydroxylation sites is 2. The molecule has 0 spiro atoms. The van der Waals surface area contributed by atoms with Gasteiger partial charge in [0.1, 0.15) is 5.52 Å². The fourth-order valence-corrected chi connectivity index (χ4v) is 2.73. The third-order valence-electron chi connectivity index (χ3n) is 3.79. The predicted octanol–water partition coefficient (Wildman–Crippen LogP) is 1.33. The normalized spacial score (nSPS) is 18.4. The van der Waals surface area contributed by atoms with Gasteiger partial charge in [-0.1, -0.05) is 12.1 Å². The van der Waals surface area contributed by atoms with Crippen molar-refractivity contribution >= 4 is 11.1 Å². The average molecular weight is 275 g/mol. The number of aromatic nitrogens is 1. The highest BCUT2D eigenvalue weighted by atomic mass is 16.3. The van der Waals surface area contributed by atoms with Crippen LogP contribution in [-0.2, 0) is 6.54 Å². The largest absolute Gasteiger partial charge is 0.439 e. The minimum absolute atomic E-state index is 0.241. The Kier molecular flexibility index (Phi) is 4.30. The van der Waals surface area contributed by atoms with Gasteiger partial charge < -0.3 is 9.52 Å². The molecule has 2 aromatic rings. The highest BCUT2D eigenvalue weighted by molar-refractivity contribution is 5.72. The van der Waals surface area contributed by atoms with Gasteiger partial charge in [-0.05, 0) is 31.6 Å². The van der Waals surface area contributed by atoms with Gasteiger partial charge in [-0.2, -0.15) is 0 Å². The summed E-state index contributed by atoms with van der Waals surface area (Å²) in [6, 6.07) is 7.88. The number of β-amino-alcohol motifs (C(OH)–C–C–N with tert-alkyl or cyclic N) is 1. The van der Waals surface area contributed by atoms with Gasteiger partial charge in [0.2, 0.25) is 5.89 Å². The first-order valence-corrected chi connectivity index (χ1v) is 7.25. The molecule has 0 amide bonds. The van der Waals surface area contributed by atoms with Gasteiger partial charge in [0.05, 0.1) is 13.2 Å². The van der Waals surface area contributed by atoms with Crippen molar-refractivity contribution in [3.63, 3.8) is 0 Å². The van der Waals surface area contributed by atoms with Crippen LogP contribution in [0.2, 0.25) is 0 Å². The first kappa shape index (κ1) is 13.5. The van der Waals surface area contributed by atoms with E-state index in [1.54, 1.807) is 0 Å². The SMILES string of the molecule is OCCN1CCCN(Cc2nc3ccccc3o2)CC1. The van der Waals surface area contributed by atoms with Gasteiger partial charge >= 0.3 is 0 Å². The summed E-state index contributed by atoms with van der Waals surface area (Å²) in [5.41, 5.74) is 1.79. The topological polar surface area (TPSA) is 52.7 Å². The third kappa shape index (κ3) is 3.17. The molecule has 0 atom stereocenters. The van der Waals surface area contributed by atoms with Gasteiger partial charge in [-0.3, -0.25) is 9.80 Å². The van der Waals surface area contributed by atoms with Gasteiger partial charge in [0, 0.05) is 19.6 Å². The van der Waals surface area contributed by atoms with Crippen LogP contribution in [0.15, 0.2) is 28.7 Å². The lowest BCUT2D eigenvalue weighted by molar-refractivity contribution is 0.193. The van der Waals surface area contributed by atoms with E-state index in [4.69, 9.17) is 9.52 Å². The molecular weight excluding hydrogens is 254 g/mol. The molecule has 1 saturated heterocycles. The zero-order valence-corrected chi connectivity index (χ0v) is 11.7. The second-order valence-corrected chi connectivity index (χ2v) is 5.27. The van der Waals surface area contributed by atoms with Crippen LogP contribution in [0.5, 0.6) is 0 Å². The summed E-state index contributed by atoms with van der Waals surface area (Å²) in [6.45, 7) is 5.90. The van der Waals surface area contributed by atoms with Gasteiger partial charge in [-0.15, -0.1) is 0 Å². The summed E-state index contributed by atoms with van der Waals surface area (Å²) >= 11 is 0. The molecule has 0 aliphatic carbocycles. The molecule has 0 unspecified atom stereocenters. The van der Waals surface area contributed by atoms with E-state index in [1.165, 1.54) is 0 Å². The second kappa shape index (κ2) is 6.35. The summed E-state index contributed by atoms with van der Waals surface area (Å²) in [7, 11) is 0. The second-order valence-electron chi connectivity index (χ2n) is 5.27. The van der Waals surface area contributed by atoms with Crippen LogP contribution >= 0.6 is 0 Å². The molecule has 1 N–H and O–H groups in total. The lowest BCUT2D eigenvalue weighted by Crippen LogP contribution is -2.32. The molecule has 0 radical (unpaired) electrons. The highest BCUT2D eigenvalue weighted by Crippen LogP contribution is 2.16. The molecule has 0 bridgehead atoms. The number of fused-ring (bicyclic) bond motifs is 1. The molecule has 1 aromatic heterocycles. The lowest BCUT2D eigenvalue weighted by Gasteiger charge is -2.19. The number of aliphatic hydroxyl groups excluding tert-OH is 1. The summed E-state index contributed by atoms with van der Waals surface area (Å²) in [5.74, 6) is 0.793. The van der Waals surface area contributed by atoms with Crippen LogP contribution in [0.25, 0.3) is 11.1 Å². The number of oxazole rings is 1.